The van der Waals surface area contributed by atoms with Gasteiger partial charge in [-0.1, -0.05) is 0 Å². The second-order valence-electron chi connectivity index (χ2n) is 3.08. The number of aromatic nitrogens is 2. The summed E-state index contributed by atoms with van der Waals surface area (Å²) < 4.78 is 1.49. The molecule has 0 spiro atoms. The molecule has 1 atom stereocenters. The zero-order chi connectivity index (χ0) is 10.6. The number of nitriles is 1. The summed E-state index contributed by atoms with van der Waals surface area (Å²) in [6.45, 7) is 2.12. The Morgan fingerprint density at radius 2 is 2.57 bits per heavy atom. The number of amides is 1. The summed E-state index contributed by atoms with van der Waals surface area (Å²) in [4.78, 5) is 11.5. The van der Waals surface area contributed by atoms with Gasteiger partial charge < -0.3 is 5.32 Å². The molecule has 0 saturated heterocycles. The fraction of sp³-hybridized carbons (Fsp3) is 0.444. The molecule has 0 aromatic carbocycles. The van der Waals surface area contributed by atoms with E-state index in [-0.39, 0.29) is 11.8 Å². The molecule has 1 aromatic heterocycles. The maximum atomic E-state index is 11.5. The highest BCUT2D eigenvalue weighted by atomic mass is 16.2. The van der Waals surface area contributed by atoms with Gasteiger partial charge in [0.1, 0.15) is 5.69 Å². The molecule has 1 unspecified atom stereocenters. The molecule has 1 aromatic rings. The molecule has 1 rings (SSSR count). The van der Waals surface area contributed by atoms with E-state index >= 15 is 0 Å². The highest BCUT2D eigenvalue weighted by Gasteiger charge is 2.10. The molecule has 0 fully saturated rings. The van der Waals surface area contributed by atoms with Crippen LogP contribution < -0.4 is 5.32 Å². The lowest BCUT2D eigenvalue weighted by atomic mass is 10.2. The van der Waals surface area contributed by atoms with Crippen molar-refractivity contribution in [3.8, 4) is 6.07 Å². The zero-order valence-corrected chi connectivity index (χ0v) is 8.19. The summed E-state index contributed by atoms with van der Waals surface area (Å²) in [5, 5.41) is 15.0. The predicted octanol–water partition coefficient (Wildman–Crippen LogP) is 0.310. The van der Waals surface area contributed by atoms with Crippen molar-refractivity contribution in [1.29, 1.82) is 5.26 Å². The number of hydrogen-bond donors (Lipinski definition) is 1. The summed E-state index contributed by atoms with van der Waals surface area (Å²) in [7, 11) is 1.70. The highest BCUT2D eigenvalue weighted by Crippen LogP contribution is 1.96. The quantitative estimate of drug-likeness (QED) is 0.749. The van der Waals surface area contributed by atoms with Crippen molar-refractivity contribution in [2.75, 3.05) is 6.54 Å². The minimum Gasteiger partial charge on any atom is -0.349 e. The Morgan fingerprint density at radius 3 is 3.07 bits per heavy atom. The highest BCUT2D eigenvalue weighted by molar-refractivity contribution is 5.92. The summed E-state index contributed by atoms with van der Waals surface area (Å²) >= 11 is 0. The van der Waals surface area contributed by atoms with Crippen LogP contribution >= 0.6 is 0 Å². The van der Waals surface area contributed by atoms with Crippen LogP contribution in [-0.4, -0.2) is 22.2 Å². The van der Waals surface area contributed by atoms with E-state index in [2.05, 4.69) is 10.4 Å². The fourth-order valence-electron chi connectivity index (χ4n) is 0.979. The molecule has 14 heavy (non-hydrogen) atoms. The fourth-order valence-corrected chi connectivity index (χ4v) is 0.979. The first kappa shape index (κ1) is 10.3. The third-order valence-electron chi connectivity index (χ3n) is 1.84. The standard InChI is InChI=1S/C9H12N4O/c1-7(5-10)6-11-9(14)8-3-4-12-13(8)2/h3-4,7H,6H2,1-2H3,(H,11,14). The van der Waals surface area contributed by atoms with Crippen LogP contribution in [0.25, 0.3) is 0 Å². The molecule has 74 valence electrons. The summed E-state index contributed by atoms with van der Waals surface area (Å²) in [5.74, 6) is -0.376. The van der Waals surface area contributed by atoms with Gasteiger partial charge in [0.15, 0.2) is 0 Å². The summed E-state index contributed by atoms with van der Waals surface area (Å²) in [5.41, 5.74) is 0.495. The van der Waals surface area contributed by atoms with Crippen LogP contribution in [0.4, 0.5) is 0 Å². The van der Waals surface area contributed by atoms with Crippen LogP contribution in [0.2, 0.25) is 0 Å². The van der Waals surface area contributed by atoms with E-state index in [4.69, 9.17) is 5.26 Å². The molecule has 0 aliphatic rings. The van der Waals surface area contributed by atoms with E-state index in [1.807, 2.05) is 6.07 Å². The molecule has 1 heterocycles. The SMILES string of the molecule is CC(C#N)CNC(=O)c1ccnn1C. The summed E-state index contributed by atoms with van der Waals surface area (Å²) in [6.07, 6.45) is 1.56. The third-order valence-corrected chi connectivity index (χ3v) is 1.84. The number of carbonyl (C=O) groups is 1. The van der Waals surface area contributed by atoms with Gasteiger partial charge in [-0.25, -0.2) is 0 Å². The molecule has 5 heteroatoms. The van der Waals surface area contributed by atoms with Gasteiger partial charge in [0.25, 0.3) is 5.91 Å². The van der Waals surface area contributed by atoms with Crippen molar-refractivity contribution in [3.05, 3.63) is 18.0 Å². The molecule has 0 radical (unpaired) electrons. The average molecular weight is 192 g/mol. The van der Waals surface area contributed by atoms with E-state index in [1.165, 1.54) is 4.68 Å². The Kier molecular flexibility index (Phi) is 3.24. The lowest BCUT2D eigenvalue weighted by Gasteiger charge is -2.05. The van der Waals surface area contributed by atoms with E-state index in [1.54, 1.807) is 26.2 Å². The van der Waals surface area contributed by atoms with Crippen LogP contribution in [0, 0.1) is 17.2 Å². The molecular weight excluding hydrogens is 180 g/mol. The van der Waals surface area contributed by atoms with Crippen LogP contribution in [0.5, 0.6) is 0 Å². The van der Waals surface area contributed by atoms with Crippen molar-refractivity contribution < 1.29 is 4.79 Å². The smallest absolute Gasteiger partial charge is 0.269 e. The average Bonchev–Trinajstić information content (AvgIpc) is 2.60. The van der Waals surface area contributed by atoms with Gasteiger partial charge in [0, 0.05) is 19.8 Å². The first-order chi connectivity index (χ1) is 6.65. The summed E-state index contributed by atoms with van der Waals surface area (Å²) in [6, 6.07) is 3.67. The van der Waals surface area contributed by atoms with Crippen molar-refractivity contribution in [3.63, 3.8) is 0 Å². The van der Waals surface area contributed by atoms with Gasteiger partial charge in [-0.2, -0.15) is 10.4 Å². The first-order valence-corrected chi connectivity index (χ1v) is 4.31. The molecule has 1 amide bonds. The zero-order valence-electron chi connectivity index (χ0n) is 8.19. The molecule has 0 bridgehead atoms. The van der Waals surface area contributed by atoms with Crippen molar-refractivity contribution in [2.24, 2.45) is 13.0 Å². The minimum absolute atomic E-state index is 0.174. The van der Waals surface area contributed by atoms with Gasteiger partial charge >= 0.3 is 0 Å². The van der Waals surface area contributed by atoms with Crippen LogP contribution in [0.3, 0.4) is 0 Å². The Morgan fingerprint density at radius 1 is 1.86 bits per heavy atom. The Balaban J connectivity index is 2.53. The van der Waals surface area contributed by atoms with Crippen LogP contribution in [0.1, 0.15) is 17.4 Å². The van der Waals surface area contributed by atoms with Crippen molar-refractivity contribution in [1.82, 2.24) is 15.1 Å². The van der Waals surface area contributed by atoms with Crippen molar-refractivity contribution in [2.45, 2.75) is 6.92 Å². The lowest BCUT2D eigenvalue weighted by molar-refractivity contribution is 0.0941. The van der Waals surface area contributed by atoms with Gasteiger partial charge in [-0.15, -0.1) is 0 Å². The van der Waals surface area contributed by atoms with Crippen LogP contribution in [-0.2, 0) is 7.05 Å². The normalized spacial score (nSPS) is 11.8. The number of aryl methyl sites for hydroxylation is 1. The van der Waals surface area contributed by atoms with E-state index in [0.29, 0.717) is 12.2 Å². The van der Waals surface area contributed by atoms with Gasteiger partial charge in [0.2, 0.25) is 0 Å². The maximum absolute atomic E-state index is 11.5. The Bertz CT molecular complexity index is 363. The molecule has 5 nitrogen and oxygen atoms in total. The second-order valence-corrected chi connectivity index (χ2v) is 3.08. The van der Waals surface area contributed by atoms with E-state index in [9.17, 15) is 4.79 Å². The number of nitrogens with zero attached hydrogens (tertiary/aromatic N) is 3. The lowest BCUT2D eigenvalue weighted by Crippen LogP contribution is -2.29. The topological polar surface area (TPSA) is 70.7 Å². The first-order valence-electron chi connectivity index (χ1n) is 4.31. The largest absolute Gasteiger partial charge is 0.349 e. The third kappa shape index (κ3) is 2.33. The second kappa shape index (κ2) is 4.42. The molecule has 0 aliphatic carbocycles. The Labute approximate surface area is 82.3 Å². The van der Waals surface area contributed by atoms with E-state index in [0.717, 1.165) is 0 Å². The van der Waals surface area contributed by atoms with Crippen molar-refractivity contribution >= 4 is 5.91 Å². The molecule has 0 aliphatic heterocycles. The van der Waals surface area contributed by atoms with Crippen LogP contribution in [0.15, 0.2) is 12.3 Å². The monoisotopic (exact) mass is 192 g/mol. The predicted molar refractivity (Wildman–Crippen MR) is 50.3 cm³/mol. The van der Waals surface area contributed by atoms with E-state index < -0.39 is 0 Å². The minimum atomic E-state index is -0.202. The number of carbonyl (C=O) groups excluding carboxylic acids is 1. The van der Waals surface area contributed by atoms with Gasteiger partial charge in [-0.05, 0) is 13.0 Å². The number of hydrogen-bond acceptors (Lipinski definition) is 3. The number of nitrogens with one attached hydrogen (secondary N) is 1. The molecular formula is C9H12N4O. The molecule has 0 saturated carbocycles. The molecule has 1 N–H and O–H groups in total. The Hall–Kier alpha value is -1.83. The van der Waals surface area contributed by atoms with Gasteiger partial charge in [0.05, 0.1) is 12.0 Å². The van der Waals surface area contributed by atoms with Gasteiger partial charge in [-0.3, -0.25) is 9.48 Å². The number of rotatable bonds is 3. The maximum Gasteiger partial charge on any atom is 0.269 e.